The van der Waals surface area contributed by atoms with Gasteiger partial charge in [0.1, 0.15) is 19.3 Å². The molecule has 0 saturated carbocycles. The molecular weight excluding hydrogens is 794 g/mol. The van der Waals surface area contributed by atoms with Crippen molar-refractivity contribution in [2.75, 3.05) is 54.1 Å². The van der Waals surface area contributed by atoms with Gasteiger partial charge in [0, 0.05) is 13.0 Å². The molecule has 0 fully saturated rings. The van der Waals surface area contributed by atoms with Gasteiger partial charge in [0.05, 0.1) is 34.4 Å². The van der Waals surface area contributed by atoms with Gasteiger partial charge in [0.2, 0.25) is 0 Å². The number of phosphoric acid groups is 1. The fourth-order valence-corrected chi connectivity index (χ4v) is 7.12. The summed E-state index contributed by atoms with van der Waals surface area (Å²) < 4.78 is 35.1. The van der Waals surface area contributed by atoms with Crippen LogP contribution in [0, 0.1) is 0 Å². The number of ether oxygens (including phenoxy) is 2. The van der Waals surface area contributed by atoms with Gasteiger partial charge in [-0.25, -0.2) is 4.57 Å². The van der Waals surface area contributed by atoms with Crippen LogP contribution in [0.5, 0.6) is 0 Å². The minimum atomic E-state index is -4.30. The predicted molar refractivity (Wildman–Crippen MR) is 265 cm³/mol. The van der Waals surface area contributed by atoms with E-state index in [1.807, 2.05) is 21.1 Å². The third-order valence-corrected chi connectivity index (χ3v) is 11.2. The Morgan fingerprint density at radius 3 is 1.42 bits per heavy atom. The van der Waals surface area contributed by atoms with Crippen molar-refractivity contribution < 1.29 is 37.3 Å². The number of esters is 1. The highest BCUT2D eigenvalue weighted by molar-refractivity contribution is 7.47. The Morgan fingerprint density at radius 1 is 0.516 bits per heavy atom. The molecule has 0 aliphatic heterocycles. The highest BCUT2D eigenvalue weighted by atomic mass is 31.2. The Morgan fingerprint density at radius 2 is 0.935 bits per heavy atom. The second-order valence-electron chi connectivity index (χ2n) is 17.5. The van der Waals surface area contributed by atoms with Crippen molar-refractivity contribution in [2.24, 2.45) is 0 Å². The van der Waals surface area contributed by atoms with Crippen molar-refractivity contribution in [1.82, 2.24) is 0 Å². The van der Waals surface area contributed by atoms with E-state index in [4.69, 9.17) is 18.5 Å². The van der Waals surface area contributed by atoms with Gasteiger partial charge in [-0.15, -0.1) is 0 Å². The van der Waals surface area contributed by atoms with Gasteiger partial charge in [-0.2, -0.15) is 0 Å². The quantitative estimate of drug-likeness (QED) is 0.0214. The van der Waals surface area contributed by atoms with Gasteiger partial charge in [0.15, 0.2) is 0 Å². The maximum absolute atomic E-state index is 12.7. The number of nitrogens with zero attached hydrogens (tertiary/aromatic N) is 1. The number of likely N-dealkylation sites (N-methyl/N-ethyl adjacent to an activating group) is 1. The average Bonchev–Trinajstić information content (AvgIpc) is 3.23. The van der Waals surface area contributed by atoms with Crippen LogP contribution in [-0.4, -0.2) is 75.6 Å². The van der Waals surface area contributed by atoms with Crippen molar-refractivity contribution in [1.29, 1.82) is 0 Å². The molecule has 8 nitrogen and oxygen atoms in total. The van der Waals surface area contributed by atoms with E-state index in [0.29, 0.717) is 24.1 Å². The van der Waals surface area contributed by atoms with Crippen molar-refractivity contribution in [2.45, 2.75) is 193 Å². The van der Waals surface area contributed by atoms with Gasteiger partial charge in [-0.05, 0) is 89.9 Å². The Labute approximate surface area is 382 Å². The number of unbranched alkanes of at least 4 members (excludes halogenated alkanes) is 17. The zero-order valence-corrected chi connectivity index (χ0v) is 41.5. The van der Waals surface area contributed by atoms with Gasteiger partial charge >= 0.3 is 13.8 Å². The van der Waals surface area contributed by atoms with Crippen molar-refractivity contribution in [3.63, 3.8) is 0 Å². The van der Waals surface area contributed by atoms with E-state index in [0.717, 1.165) is 83.5 Å². The Hall–Kier alpha value is -2.32. The van der Waals surface area contributed by atoms with Crippen LogP contribution in [0.1, 0.15) is 187 Å². The number of allylic oxidation sites excluding steroid dienone is 14. The van der Waals surface area contributed by atoms with Crippen molar-refractivity contribution in [3.05, 3.63) is 85.1 Å². The minimum Gasteiger partial charge on any atom is -0.457 e. The number of carbonyl (C=O) groups excluding carboxylic acids is 1. The first kappa shape index (κ1) is 59.7. The van der Waals surface area contributed by atoms with Gasteiger partial charge < -0.3 is 18.9 Å². The summed E-state index contributed by atoms with van der Waals surface area (Å²) in [6, 6.07) is 0. The lowest BCUT2D eigenvalue weighted by atomic mass is 10.1. The zero-order chi connectivity index (χ0) is 45.5. The van der Waals surface area contributed by atoms with E-state index in [-0.39, 0.29) is 25.8 Å². The molecule has 0 bridgehead atoms. The lowest BCUT2D eigenvalue weighted by Gasteiger charge is -2.24. The summed E-state index contributed by atoms with van der Waals surface area (Å²) >= 11 is 0. The van der Waals surface area contributed by atoms with Gasteiger partial charge in [-0.1, -0.05) is 176 Å². The summed E-state index contributed by atoms with van der Waals surface area (Å²) in [5.74, 6) is -0.333. The molecule has 2 atom stereocenters. The Balaban J connectivity index is 4.27. The van der Waals surface area contributed by atoms with Crippen molar-refractivity contribution in [3.8, 4) is 0 Å². The summed E-state index contributed by atoms with van der Waals surface area (Å²) in [6.45, 7) is 5.41. The monoisotopic (exact) mass is 889 g/mol. The molecule has 0 spiro atoms. The first-order valence-electron chi connectivity index (χ1n) is 24.8. The molecule has 0 aromatic carbocycles. The molecular formula is C53H95NO7P+. The largest absolute Gasteiger partial charge is 0.472 e. The molecule has 0 radical (unpaired) electrons. The molecule has 0 saturated heterocycles. The van der Waals surface area contributed by atoms with Crippen LogP contribution in [0.4, 0.5) is 0 Å². The molecule has 9 heteroatoms. The van der Waals surface area contributed by atoms with Gasteiger partial charge in [0.25, 0.3) is 0 Å². The topological polar surface area (TPSA) is 91.3 Å². The van der Waals surface area contributed by atoms with Crippen LogP contribution < -0.4 is 0 Å². The standard InChI is InChI=1S/C53H94NO7P/c1-6-8-10-12-14-16-18-20-22-24-26-27-28-29-31-33-35-37-39-41-43-45-48-58-50-52(51-60-62(56,57)59-49-47-54(3,4)5)61-53(55)46-44-42-40-38-36-34-32-30-25-23-21-19-17-15-13-11-9-7-2/h8,10,14,16,20,22-23,25-27,29,31,35,37,52H,6-7,9,11-13,15,17-19,21,24,28,30,32-34,36,38-51H2,1-5H3/p+1/b10-8-,16-14-,22-20-,25-23-,27-26-,31-29-,37-35-. The van der Waals surface area contributed by atoms with E-state index in [1.165, 1.54) is 83.5 Å². The highest BCUT2D eigenvalue weighted by Gasteiger charge is 2.26. The molecule has 0 rings (SSSR count). The summed E-state index contributed by atoms with van der Waals surface area (Å²) in [4.78, 5) is 23.0. The number of hydrogen-bond donors (Lipinski definition) is 1. The molecule has 62 heavy (non-hydrogen) atoms. The zero-order valence-electron chi connectivity index (χ0n) is 40.6. The maximum Gasteiger partial charge on any atom is 0.472 e. The third kappa shape index (κ3) is 48.7. The normalized spacial score (nSPS) is 14.4. The Bertz CT molecular complexity index is 1260. The van der Waals surface area contributed by atoms with Crippen LogP contribution in [0.25, 0.3) is 0 Å². The molecule has 0 aromatic rings. The molecule has 0 amide bonds. The van der Waals surface area contributed by atoms with E-state index in [1.54, 1.807) is 0 Å². The smallest absolute Gasteiger partial charge is 0.457 e. The summed E-state index contributed by atoms with van der Waals surface area (Å²) in [6.07, 6.45) is 60.6. The molecule has 2 unspecified atom stereocenters. The predicted octanol–water partition coefficient (Wildman–Crippen LogP) is 15.2. The Kier molecular flexibility index (Phi) is 43.6. The lowest BCUT2D eigenvalue weighted by molar-refractivity contribution is -0.870. The first-order chi connectivity index (χ1) is 30.1. The number of phosphoric ester groups is 1. The van der Waals surface area contributed by atoms with E-state index in [2.05, 4.69) is 98.9 Å². The summed E-state index contributed by atoms with van der Waals surface area (Å²) in [7, 11) is 1.63. The fourth-order valence-electron chi connectivity index (χ4n) is 6.37. The van der Waals surface area contributed by atoms with Crippen LogP contribution in [0.2, 0.25) is 0 Å². The molecule has 0 heterocycles. The van der Waals surface area contributed by atoms with Gasteiger partial charge in [-0.3, -0.25) is 13.8 Å². The average molecular weight is 889 g/mol. The second kappa shape index (κ2) is 45.3. The molecule has 0 aliphatic rings. The van der Waals surface area contributed by atoms with E-state index >= 15 is 0 Å². The SMILES string of the molecule is CC/C=C\C/C=C\C/C=C\C/C=C\C/C=C\C/C=C\CCCCCOCC(COP(=O)(O)OCC[N+](C)(C)C)OC(=O)CCCCCCCCC/C=C\CCCCCCCCC. The first-order valence-corrected chi connectivity index (χ1v) is 26.3. The fraction of sp³-hybridized carbons (Fsp3) is 0.717. The maximum atomic E-state index is 12.7. The minimum absolute atomic E-state index is 0.0766. The van der Waals surface area contributed by atoms with Crippen molar-refractivity contribution >= 4 is 13.8 Å². The molecule has 0 aromatic heterocycles. The van der Waals surface area contributed by atoms with Crippen LogP contribution in [0.15, 0.2) is 85.1 Å². The number of rotatable bonds is 45. The van der Waals surface area contributed by atoms with Crippen LogP contribution >= 0.6 is 7.82 Å². The summed E-state index contributed by atoms with van der Waals surface area (Å²) in [5.41, 5.74) is 0. The number of quaternary nitrogens is 1. The van der Waals surface area contributed by atoms with E-state index < -0.39 is 13.9 Å². The molecule has 1 N–H and O–H groups in total. The van der Waals surface area contributed by atoms with Crippen LogP contribution in [0.3, 0.4) is 0 Å². The third-order valence-electron chi connectivity index (χ3n) is 10.2. The molecule has 0 aliphatic carbocycles. The van der Waals surface area contributed by atoms with Crippen LogP contribution in [-0.2, 0) is 27.9 Å². The lowest BCUT2D eigenvalue weighted by Crippen LogP contribution is -2.37. The summed E-state index contributed by atoms with van der Waals surface area (Å²) in [5, 5.41) is 0. The molecule has 358 valence electrons. The second-order valence-corrected chi connectivity index (χ2v) is 18.9. The number of carbonyl (C=O) groups is 1. The number of hydrogen-bond acceptors (Lipinski definition) is 6. The van der Waals surface area contributed by atoms with E-state index in [9.17, 15) is 14.3 Å². The highest BCUT2D eigenvalue weighted by Crippen LogP contribution is 2.43.